The molecule has 2 heterocycles. The van der Waals surface area contributed by atoms with Crippen molar-refractivity contribution in [3.63, 3.8) is 0 Å². The normalized spacial score (nSPS) is 25.1. The molecule has 16 heavy (non-hydrogen) atoms. The third-order valence-electron chi connectivity index (χ3n) is 3.56. The Bertz CT molecular complexity index is 367. The fourth-order valence-corrected chi connectivity index (χ4v) is 2.13. The van der Waals surface area contributed by atoms with E-state index >= 15 is 0 Å². The Balaban J connectivity index is 2.19. The predicted octanol–water partition coefficient (Wildman–Crippen LogP) is 1.34. The molecule has 4 heteroatoms. The molecular formula is C12H20N4. The Morgan fingerprint density at radius 3 is 2.50 bits per heavy atom. The highest BCUT2D eigenvalue weighted by Gasteiger charge is 2.27. The molecule has 88 valence electrons. The van der Waals surface area contributed by atoms with Crippen LogP contribution in [0.4, 0.5) is 5.95 Å². The average Bonchev–Trinajstić information content (AvgIpc) is 2.59. The molecule has 2 rings (SSSR count). The first-order valence-corrected chi connectivity index (χ1v) is 5.89. The zero-order valence-electron chi connectivity index (χ0n) is 10.3. The average molecular weight is 220 g/mol. The second-order valence-corrected chi connectivity index (χ2v) is 4.84. The van der Waals surface area contributed by atoms with Crippen LogP contribution in [0, 0.1) is 18.8 Å². The molecule has 0 radical (unpaired) electrons. The van der Waals surface area contributed by atoms with Gasteiger partial charge in [0.2, 0.25) is 5.95 Å². The Labute approximate surface area is 96.9 Å². The van der Waals surface area contributed by atoms with Crippen LogP contribution in [0.2, 0.25) is 0 Å². The lowest BCUT2D eigenvalue weighted by Crippen LogP contribution is -2.22. The van der Waals surface area contributed by atoms with Crippen molar-refractivity contribution in [1.29, 1.82) is 0 Å². The van der Waals surface area contributed by atoms with E-state index < -0.39 is 0 Å². The third kappa shape index (κ3) is 2.02. The Morgan fingerprint density at radius 1 is 1.38 bits per heavy atom. The number of aromatic nitrogens is 2. The highest BCUT2D eigenvalue weighted by atomic mass is 15.3. The van der Waals surface area contributed by atoms with Gasteiger partial charge < -0.3 is 10.6 Å². The van der Waals surface area contributed by atoms with Crippen molar-refractivity contribution in [2.45, 2.75) is 27.3 Å². The minimum Gasteiger partial charge on any atom is -0.340 e. The van der Waals surface area contributed by atoms with Crippen LogP contribution in [-0.2, 0) is 6.54 Å². The number of hydrogen-bond acceptors (Lipinski definition) is 4. The summed E-state index contributed by atoms with van der Waals surface area (Å²) in [5, 5.41) is 0. The number of anilines is 1. The van der Waals surface area contributed by atoms with Gasteiger partial charge in [0.25, 0.3) is 0 Å². The summed E-state index contributed by atoms with van der Waals surface area (Å²) in [6.07, 6.45) is 1.85. The SMILES string of the molecule is Cc1nc(N2CC(C)C(C)C2)ncc1CN. The first-order valence-electron chi connectivity index (χ1n) is 5.89. The zero-order chi connectivity index (χ0) is 11.7. The van der Waals surface area contributed by atoms with E-state index in [2.05, 4.69) is 28.7 Å². The maximum Gasteiger partial charge on any atom is 0.225 e. The van der Waals surface area contributed by atoms with Crippen molar-refractivity contribution in [2.75, 3.05) is 18.0 Å². The molecule has 1 saturated heterocycles. The fourth-order valence-electron chi connectivity index (χ4n) is 2.13. The number of rotatable bonds is 2. The summed E-state index contributed by atoms with van der Waals surface area (Å²) < 4.78 is 0. The van der Waals surface area contributed by atoms with Crippen molar-refractivity contribution in [3.8, 4) is 0 Å². The molecule has 0 amide bonds. The smallest absolute Gasteiger partial charge is 0.225 e. The summed E-state index contributed by atoms with van der Waals surface area (Å²) in [5.74, 6) is 2.29. The van der Waals surface area contributed by atoms with E-state index in [0.29, 0.717) is 6.54 Å². The Kier molecular flexibility index (Phi) is 3.10. The van der Waals surface area contributed by atoms with Gasteiger partial charge in [-0.3, -0.25) is 0 Å². The second kappa shape index (κ2) is 4.37. The number of nitrogens with zero attached hydrogens (tertiary/aromatic N) is 3. The number of aryl methyl sites for hydroxylation is 1. The molecule has 0 saturated carbocycles. The van der Waals surface area contributed by atoms with E-state index in [1.807, 2.05) is 13.1 Å². The van der Waals surface area contributed by atoms with Crippen LogP contribution in [0.3, 0.4) is 0 Å². The molecule has 2 atom stereocenters. The first-order chi connectivity index (χ1) is 7.61. The topological polar surface area (TPSA) is 55.0 Å². The molecule has 1 aliphatic heterocycles. The summed E-state index contributed by atoms with van der Waals surface area (Å²) in [7, 11) is 0. The van der Waals surface area contributed by atoms with Gasteiger partial charge in [0.1, 0.15) is 0 Å². The van der Waals surface area contributed by atoms with Gasteiger partial charge >= 0.3 is 0 Å². The molecular weight excluding hydrogens is 200 g/mol. The van der Waals surface area contributed by atoms with Crippen molar-refractivity contribution in [2.24, 2.45) is 17.6 Å². The molecule has 0 spiro atoms. The van der Waals surface area contributed by atoms with Gasteiger partial charge in [-0.05, 0) is 18.8 Å². The van der Waals surface area contributed by atoms with Crippen molar-refractivity contribution in [3.05, 3.63) is 17.5 Å². The summed E-state index contributed by atoms with van der Waals surface area (Å²) in [6, 6.07) is 0. The van der Waals surface area contributed by atoms with Gasteiger partial charge in [-0.15, -0.1) is 0 Å². The Morgan fingerprint density at radius 2 is 2.00 bits per heavy atom. The van der Waals surface area contributed by atoms with Crippen LogP contribution < -0.4 is 10.6 Å². The van der Waals surface area contributed by atoms with Gasteiger partial charge in [-0.25, -0.2) is 9.97 Å². The van der Waals surface area contributed by atoms with E-state index in [1.165, 1.54) is 0 Å². The van der Waals surface area contributed by atoms with Crippen LogP contribution in [0.1, 0.15) is 25.1 Å². The van der Waals surface area contributed by atoms with Crippen molar-refractivity contribution < 1.29 is 0 Å². The monoisotopic (exact) mass is 220 g/mol. The number of hydrogen-bond donors (Lipinski definition) is 1. The quantitative estimate of drug-likeness (QED) is 0.817. The first kappa shape index (κ1) is 11.3. The van der Waals surface area contributed by atoms with Crippen LogP contribution in [0.25, 0.3) is 0 Å². The van der Waals surface area contributed by atoms with Gasteiger partial charge in [-0.1, -0.05) is 13.8 Å². The maximum absolute atomic E-state index is 5.60. The van der Waals surface area contributed by atoms with Crippen molar-refractivity contribution >= 4 is 5.95 Å². The van der Waals surface area contributed by atoms with Crippen LogP contribution >= 0.6 is 0 Å². The minimum absolute atomic E-state index is 0.513. The van der Waals surface area contributed by atoms with Gasteiger partial charge in [0, 0.05) is 37.1 Å². The largest absolute Gasteiger partial charge is 0.340 e. The number of nitrogens with two attached hydrogens (primary N) is 1. The van der Waals surface area contributed by atoms with Gasteiger partial charge in [0.15, 0.2) is 0 Å². The van der Waals surface area contributed by atoms with Gasteiger partial charge in [-0.2, -0.15) is 0 Å². The van der Waals surface area contributed by atoms with Gasteiger partial charge in [0.05, 0.1) is 0 Å². The molecule has 1 aliphatic rings. The molecule has 0 aromatic carbocycles. The molecule has 4 nitrogen and oxygen atoms in total. The lowest BCUT2D eigenvalue weighted by Gasteiger charge is -2.16. The Hall–Kier alpha value is -1.16. The molecule has 1 aromatic heterocycles. The van der Waals surface area contributed by atoms with Crippen molar-refractivity contribution in [1.82, 2.24) is 9.97 Å². The zero-order valence-corrected chi connectivity index (χ0v) is 10.3. The molecule has 1 fully saturated rings. The summed E-state index contributed by atoms with van der Waals surface area (Å²) in [4.78, 5) is 11.2. The fraction of sp³-hybridized carbons (Fsp3) is 0.667. The lowest BCUT2D eigenvalue weighted by atomic mass is 10.0. The summed E-state index contributed by atoms with van der Waals surface area (Å²) in [6.45, 7) is 9.19. The maximum atomic E-state index is 5.60. The predicted molar refractivity (Wildman–Crippen MR) is 65.2 cm³/mol. The molecule has 0 bridgehead atoms. The molecule has 2 N–H and O–H groups in total. The lowest BCUT2D eigenvalue weighted by molar-refractivity contribution is 0.494. The molecule has 1 aromatic rings. The highest BCUT2D eigenvalue weighted by molar-refractivity contribution is 5.34. The minimum atomic E-state index is 0.513. The highest BCUT2D eigenvalue weighted by Crippen LogP contribution is 2.25. The second-order valence-electron chi connectivity index (χ2n) is 4.84. The van der Waals surface area contributed by atoms with E-state index in [4.69, 9.17) is 5.73 Å². The molecule has 0 aliphatic carbocycles. The van der Waals surface area contributed by atoms with E-state index in [9.17, 15) is 0 Å². The summed E-state index contributed by atoms with van der Waals surface area (Å²) >= 11 is 0. The standard InChI is InChI=1S/C12H20N4/c1-8-6-16(7-9(8)2)12-14-5-11(4-13)10(3)15-12/h5,8-9H,4,6-7,13H2,1-3H3. The molecule has 2 unspecified atom stereocenters. The van der Waals surface area contributed by atoms with E-state index in [-0.39, 0.29) is 0 Å². The van der Waals surface area contributed by atoms with E-state index in [0.717, 1.165) is 42.1 Å². The summed E-state index contributed by atoms with van der Waals surface area (Å²) in [5.41, 5.74) is 7.64. The third-order valence-corrected chi connectivity index (χ3v) is 3.56. The van der Waals surface area contributed by atoms with Crippen LogP contribution in [-0.4, -0.2) is 23.1 Å². The van der Waals surface area contributed by atoms with Crippen LogP contribution in [0.5, 0.6) is 0 Å². The van der Waals surface area contributed by atoms with E-state index in [1.54, 1.807) is 0 Å². The van der Waals surface area contributed by atoms with Crippen LogP contribution in [0.15, 0.2) is 6.20 Å².